The lowest BCUT2D eigenvalue weighted by molar-refractivity contribution is 0.317. The fourth-order valence-corrected chi connectivity index (χ4v) is 3.48. The van der Waals surface area contributed by atoms with Gasteiger partial charge in [0.1, 0.15) is 5.75 Å². The first-order valence-electron chi connectivity index (χ1n) is 8.44. The van der Waals surface area contributed by atoms with Gasteiger partial charge in [0.2, 0.25) is 4.96 Å². The monoisotopic (exact) mass is 363 g/mol. The molecule has 5 nitrogen and oxygen atoms in total. The van der Waals surface area contributed by atoms with E-state index in [0.717, 1.165) is 23.3 Å². The Morgan fingerprint density at radius 2 is 1.88 bits per heavy atom. The summed E-state index contributed by atoms with van der Waals surface area (Å²) in [6.07, 6.45) is 2.83. The normalized spacial score (nSPS) is 12.0. The summed E-state index contributed by atoms with van der Waals surface area (Å²) in [5.74, 6) is 1.36. The van der Waals surface area contributed by atoms with Crippen molar-refractivity contribution in [3.05, 3.63) is 75.0 Å². The molecule has 0 spiro atoms. The van der Waals surface area contributed by atoms with E-state index in [1.807, 2.05) is 60.7 Å². The van der Waals surface area contributed by atoms with Crippen LogP contribution in [0.15, 0.2) is 59.4 Å². The van der Waals surface area contributed by atoms with Crippen molar-refractivity contribution in [3.63, 3.8) is 0 Å². The molecule has 0 radical (unpaired) electrons. The number of hydrogen-bond donors (Lipinski definition) is 0. The first kappa shape index (κ1) is 16.5. The topological polar surface area (TPSA) is 56.5 Å². The first-order chi connectivity index (χ1) is 12.7. The minimum Gasteiger partial charge on any atom is -0.494 e. The van der Waals surface area contributed by atoms with Crippen LogP contribution in [0.1, 0.15) is 18.9 Å². The minimum atomic E-state index is -0.143. The summed E-state index contributed by atoms with van der Waals surface area (Å²) in [4.78, 5) is 17.7. The lowest BCUT2D eigenvalue weighted by atomic mass is 10.2. The summed E-state index contributed by atoms with van der Waals surface area (Å²) in [6, 6.07) is 17.4. The molecule has 0 bridgehead atoms. The number of thiazole rings is 1. The van der Waals surface area contributed by atoms with Crippen molar-refractivity contribution in [1.82, 2.24) is 14.6 Å². The molecule has 0 saturated heterocycles. The van der Waals surface area contributed by atoms with Gasteiger partial charge in [-0.3, -0.25) is 4.79 Å². The average molecular weight is 363 g/mol. The molecule has 0 N–H and O–H groups in total. The summed E-state index contributed by atoms with van der Waals surface area (Å²) in [5.41, 5.74) is 1.70. The van der Waals surface area contributed by atoms with E-state index >= 15 is 0 Å². The SMILES string of the molecule is CCCOc1ccc(-c2nc3s/c(=C\c4ccccc4)c(=O)n3n2)cc1. The van der Waals surface area contributed by atoms with E-state index in [4.69, 9.17) is 4.74 Å². The molecule has 6 heteroatoms. The Bertz CT molecular complexity index is 1130. The highest BCUT2D eigenvalue weighted by molar-refractivity contribution is 7.15. The summed E-state index contributed by atoms with van der Waals surface area (Å²) < 4.78 is 7.58. The van der Waals surface area contributed by atoms with Crippen LogP contribution < -0.4 is 14.8 Å². The lowest BCUT2D eigenvalue weighted by Crippen LogP contribution is -2.23. The summed E-state index contributed by atoms with van der Waals surface area (Å²) in [7, 11) is 0. The molecule has 130 valence electrons. The number of benzene rings is 2. The zero-order valence-corrected chi connectivity index (χ0v) is 15.1. The van der Waals surface area contributed by atoms with E-state index in [1.54, 1.807) is 0 Å². The highest BCUT2D eigenvalue weighted by atomic mass is 32.1. The summed E-state index contributed by atoms with van der Waals surface area (Å²) in [6.45, 7) is 2.76. The predicted octanol–water partition coefficient (Wildman–Crippen LogP) is 3.15. The van der Waals surface area contributed by atoms with Gasteiger partial charge in [0.15, 0.2) is 5.82 Å². The van der Waals surface area contributed by atoms with Crippen molar-refractivity contribution in [2.75, 3.05) is 6.61 Å². The molecule has 0 unspecified atom stereocenters. The fraction of sp³-hybridized carbons (Fsp3) is 0.150. The van der Waals surface area contributed by atoms with Crippen molar-refractivity contribution in [2.45, 2.75) is 13.3 Å². The third-order valence-corrected chi connectivity index (χ3v) is 4.82. The molecule has 4 aromatic rings. The molecule has 2 aromatic heterocycles. The maximum atomic E-state index is 12.6. The van der Waals surface area contributed by atoms with Crippen molar-refractivity contribution in [3.8, 4) is 17.1 Å². The highest BCUT2D eigenvalue weighted by Crippen LogP contribution is 2.20. The van der Waals surface area contributed by atoms with Crippen molar-refractivity contribution >= 4 is 22.4 Å². The van der Waals surface area contributed by atoms with Crippen LogP contribution in [0.4, 0.5) is 0 Å². The van der Waals surface area contributed by atoms with Gasteiger partial charge in [0, 0.05) is 5.56 Å². The molecule has 26 heavy (non-hydrogen) atoms. The molecule has 0 fully saturated rings. The molecule has 0 aliphatic carbocycles. The van der Waals surface area contributed by atoms with Crippen LogP contribution in [0, 0.1) is 0 Å². The average Bonchev–Trinajstić information content (AvgIpc) is 3.21. The third kappa shape index (κ3) is 3.23. The number of hydrogen-bond acceptors (Lipinski definition) is 5. The Kier molecular flexibility index (Phi) is 4.50. The zero-order valence-electron chi connectivity index (χ0n) is 14.3. The quantitative estimate of drug-likeness (QED) is 0.547. The molecule has 0 atom stereocenters. The van der Waals surface area contributed by atoms with Crippen LogP contribution in [0.5, 0.6) is 5.75 Å². The van der Waals surface area contributed by atoms with Gasteiger partial charge in [-0.1, -0.05) is 48.6 Å². The van der Waals surface area contributed by atoms with Gasteiger partial charge < -0.3 is 4.74 Å². The second kappa shape index (κ2) is 7.09. The standard InChI is InChI=1S/C20H17N3O2S/c1-2-12-25-16-10-8-15(9-11-16)18-21-20-23(22-18)19(24)17(26-20)13-14-6-4-3-5-7-14/h3-11,13H,2,12H2,1H3/b17-13-. The van der Waals surface area contributed by atoms with E-state index < -0.39 is 0 Å². The second-order valence-electron chi connectivity index (χ2n) is 5.83. The molecular weight excluding hydrogens is 346 g/mol. The van der Waals surface area contributed by atoms with Crippen molar-refractivity contribution in [1.29, 1.82) is 0 Å². The summed E-state index contributed by atoms with van der Waals surface area (Å²) in [5, 5.41) is 4.38. The molecule has 4 rings (SSSR count). The number of nitrogens with zero attached hydrogens (tertiary/aromatic N) is 3. The smallest absolute Gasteiger partial charge is 0.291 e. The Balaban J connectivity index is 1.67. The van der Waals surface area contributed by atoms with E-state index in [1.165, 1.54) is 15.9 Å². The number of aromatic nitrogens is 3. The Hall–Kier alpha value is -2.99. The van der Waals surface area contributed by atoms with Gasteiger partial charge in [-0.15, -0.1) is 5.10 Å². The maximum Gasteiger partial charge on any atom is 0.291 e. The molecule has 0 saturated carbocycles. The van der Waals surface area contributed by atoms with E-state index in [9.17, 15) is 4.79 Å². The molecule has 0 aliphatic heterocycles. The minimum absolute atomic E-state index is 0.143. The zero-order chi connectivity index (χ0) is 17.9. The van der Waals surface area contributed by atoms with Crippen LogP contribution in [0.25, 0.3) is 22.4 Å². The Morgan fingerprint density at radius 1 is 1.12 bits per heavy atom. The lowest BCUT2D eigenvalue weighted by Gasteiger charge is -2.04. The van der Waals surface area contributed by atoms with E-state index in [2.05, 4.69) is 17.0 Å². The predicted molar refractivity (Wildman–Crippen MR) is 104 cm³/mol. The van der Waals surface area contributed by atoms with Crippen LogP contribution in [-0.4, -0.2) is 21.2 Å². The fourth-order valence-electron chi connectivity index (χ4n) is 2.58. The first-order valence-corrected chi connectivity index (χ1v) is 9.26. The van der Waals surface area contributed by atoms with Gasteiger partial charge in [0.05, 0.1) is 11.1 Å². The molecule has 0 amide bonds. The van der Waals surface area contributed by atoms with Crippen LogP contribution in [0.3, 0.4) is 0 Å². The maximum absolute atomic E-state index is 12.6. The largest absolute Gasteiger partial charge is 0.494 e. The van der Waals surface area contributed by atoms with Crippen LogP contribution in [-0.2, 0) is 0 Å². The van der Waals surface area contributed by atoms with Gasteiger partial charge >= 0.3 is 0 Å². The Morgan fingerprint density at radius 3 is 2.58 bits per heavy atom. The number of ether oxygens (including phenoxy) is 1. The van der Waals surface area contributed by atoms with Gasteiger partial charge in [-0.2, -0.15) is 9.50 Å². The number of rotatable bonds is 5. The molecule has 0 aliphatic rings. The third-order valence-electron chi connectivity index (χ3n) is 3.86. The van der Waals surface area contributed by atoms with E-state index in [0.29, 0.717) is 21.9 Å². The second-order valence-corrected chi connectivity index (χ2v) is 6.84. The van der Waals surface area contributed by atoms with Crippen molar-refractivity contribution < 1.29 is 4.74 Å². The Labute approximate surface area is 154 Å². The summed E-state index contributed by atoms with van der Waals surface area (Å²) >= 11 is 1.35. The van der Waals surface area contributed by atoms with Crippen LogP contribution in [0.2, 0.25) is 0 Å². The van der Waals surface area contributed by atoms with Crippen molar-refractivity contribution in [2.24, 2.45) is 0 Å². The van der Waals surface area contributed by atoms with Gasteiger partial charge in [-0.25, -0.2) is 0 Å². The van der Waals surface area contributed by atoms with Gasteiger partial charge in [0.25, 0.3) is 5.56 Å². The number of fused-ring (bicyclic) bond motifs is 1. The molecule has 2 heterocycles. The van der Waals surface area contributed by atoms with Gasteiger partial charge in [-0.05, 0) is 42.3 Å². The van der Waals surface area contributed by atoms with E-state index in [-0.39, 0.29) is 5.56 Å². The molecular formula is C20H17N3O2S. The molecule has 2 aromatic carbocycles. The highest BCUT2D eigenvalue weighted by Gasteiger charge is 2.12. The van der Waals surface area contributed by atoms with Crippen LogP contribution >= 0.6 is 11.3 Å².